The van der Waals surface area contributed by atoms with Crippen LogP contribution in [-0.4, -0.2) is 0 Å². The van der Waals surface area contributed by atoms with Crippen molar-refractivity contribution in [2.75, 3.05) is 0 Å². The van der Waals surface area contributed by atoms with Crippen LogP contribution < -0.4 is 0 Å². The average Bonchev–Trinajstić information content (AvgIpc) is 2.70. The number of halogens is 1. The minimum Gasteiger partial charge on any atom is -0.361 e. The molecule has 0 amide bonds. The lowest BCUT2D eigenvalue weighted by molar-refractivity contribution is 0.00979. The highest BCUT2D eigenvalue weighted by Gasteiger charge is 2.38. The van der Waals surface area contributed by atoms with Crippen molar-refractivity contribution < 1.29 is 4.74 Å². The number of ether oxygens (including phenoxy) is 1. The Bertz CT molecular complexity index is 564. The fourth-order valence-electron chi connectivity index (χ4n) is 2.48. The predicted octanol–water partition coefficient (Wildman–Crippen LogP) is 4.13. The second-order valence-electron chi connectivity index (χ2n) is 4.46. The summed E-state index contributed by atoms with van der Waals surface area (Å²) < 4.78 is 5.99. The fourth-order valence-corrected chi connectivity index (χ4v) is 2.80. The van der Waals surface area contributed by atoms with E-state index in [1.807, 2.05) is 36.4 Å². The van der Waals surface area contributed by atoms with E-state index < -0.39 is 5.60 Å². The van der Waals surface area contributed by atoms with E-state index >= 15 is 0 Å². The average molecular weight is 245 g/mol. The molecule has 1 nitrogen and oxygen atoms in total. The first-order valence-electron chi connectivity index (χ1n) is 5.69. The highest BCUT2D eigenvalue weighted by atomic mass is 35.5. The van der Waals surface area contributed by atoms with Gasteiger partial charge in [-0.1, -0.05) is 54.1 Å². The van der Waals surface area contributed by atoms with E-state index in [1.54, 1.807) is 0 Å². The molecule has 0 spiro atoms. The van der Waals surface area contributed by atoms with Gasteiger partial charge in [0.2, 0.25) is 0 Å². The van der Waals surface area contributed by atoms with Gasteiger partial charge >= 0.3 is 0 Å². The van der Waals surface area contributed by atoms with Crippen LogP contribution in [-0.2, 0) is 16.9 Å². The molecule has 0 saturated carbocycles. The molecule has 17 heavy (non-hydrogen) atoms. The Morgan fingerprint density at radius 1 is 1.00 bits per heavy atom. The predicted molar refractivity (Wildman–Crippen MR) is 69.1 cm³/mol. The van der Waals surface area contributed by atoms with Crippen molar-refractivity contribution in [3.63, 3.8) is 0 Å². The van der Waals surface area contributed by atoms with Crippen LogP contribution in [0.1, 0.15) is 23.6 Å². The minimum atomic E-state index is -0.422. The summed E-state index contributed by atoms with van der Waals surface area (Å²) in [5.74, 6) is 0. The van der Waals surface area contributed by atoms with E-state index in [2.05, 4.69) is 19.1 Å². The van der Waals surface area contributed by atoms with Gasteiger partial charge < -0.3 is 4.74 Å². The SMILES string of the molecule is CC1(c2ccccc2Cl)OCc2ccccc21. The summed E-state index contributed by atoms with van der Waals surface area (Å²) in [5.41, 5.74) is 3.07. The molecular weight excluding hydrogens is 232 g/mol. The molecule has 1 heterocycles. The summed E-state index contributed by atoms with van der Waals surface area (Å²) >= 11 is 6.28. The van der Waals surface area contributed by atoms with Gasteiger partial charge in [0.15, 0.2) is 0 Å². The topological polar surface area (TPSA) is 9.23 Å². The molecule has 0 saturated heterocycles. The number of hydrogen-bond acceptors (Lipinski definition) is 1. The maximum absolute atomic E-state index is 6.28. The normalized spacial score (nSPS) is 22.5. The smallest absolute Gasteiger partial charge is 0.118 e. The number of rotatable bonds is 1. The molecule has 0 fully saturated rings. The second-order valence-corrected chi connectivity index (χ2v) is 4.87. The van der Waals surface area contributed by atoms with Crippen molar-refractivity contribution in [3.8, 4) is 0 Å². The van der Waals surface area contributed by atoms with Gasteiger partial charge in [-0.25, -0.2) is 0 Å². The largest absolute Gasteiger partial charge is 0.361 e. The quantitative estimate of drug-likeness (QED) is 0.733. The minimum absolute atomic E-state index is 0.422. The number of fused-ring (bicyclic) bond motifs is 1. The Morgan fingerprint density at radius 3 is 2.41 bits per heavy atom. The molecule has 1 aliphatic rings. The molecule has 0 bridgehead atoms. The Morgan fingerprint density at radius 2 is 1.65 bits per heavy atom. The first-order valence-corrected chi connectivity index (χ1v) is 6.07. The van der Waals surface area contributed by atoms with Gasteiger partial charge in [-0.2, -0.15) is 0 Å². The Balaban J connectivity index is 2.19. The molecule has 1 unspecified atom stereocenters. The van der Waals surface area contributed by atoms with Gasteiger partial charge in [-0.15, -0.1) is 0 Å². The van der Waals surface area contributed by atoms with Crippen LogP contribution in [0, 0.1) is 0 Å². The van der Waals surface area contributed by atoms with Crippen molar-refractivity contribution in [2.24, 2.45) is 0 Å². The van der Waals surface area contributed by atoms with Crippen molar-refractivity contribution in [3.05, 3.63) is 70.2 Å². The van der Waals surface area contributed by atoms with Crippen LogP contribution in [0.4, 0.5) is 0 Å². The van der Waals surface area contributed by atoms with Gasteiger partial charge in [0.05, 0.1) is 6.61 Å². The summed E-state index contributed by atoms with van der Waals surface area (Å²) in [5, 5.41) is 0.756. The zero-order chi connectivity index (χ0) is 11.9. The lowest BCUT2D eigenvalue weighted by atomic mass is 9.87. The second kappa shape index (κ2) is 3.86. The van der Waals surface area contributed by atoms with E-state index in [0.29, 0.717) is 6.61 Å². The monoisotopic (exact) mass is 244 g/mol. The van der Waals surface area contributed by atoms with Crippen LogP contribution in [0.25, 0.3) is 0 Å². The first-order chi connectivity index (χ1) is 8.22. The molecule has 2 aromatic rings. The van der Waals surface area contributed by atoms with Gasteiger partial charge in [0.25, 0.3) is 0 Å². The molecule has 2 aromatic carbocycles. The standard InChI is InChI=1S/C15H13ClO/c1-15(13-8-4-5-9-14(13)16)12-7-3-2-6-11(12)10-17-15/h2-9H,10H2,1H3. The van der Waals surface area contributed by atoms with Crippen molar-refractivity contribution >= 4 is 11.6 Å². The van der Waals surface area contributed by atoms with Crippen LogP contribution in [0.5, 0.6) is 0 Å². The summed E-state index contributed by atoms with van der Waals surface area (Å²) in [6.07, 6.45) is 0. The van der Waals surface area contributed by atoms with Crippen molar-refractivity contribution in [1.82, 2.24) is 0 Å². The Kier molecular flexibility index (Phi) is 2.46. The van der Waals surface area contributed by atoms with Gasteiger partial charge in [0, 0.05) is 10.6 Å². The number of benzene rings is 2. The van der Waals surface area contributed by atoms with E-state index in [4.69, 9.17) is 16.3 Å². The van der Waals surface area contributed by atoms with Gasteiger partial charge in [-0.3, -0.25) is 0 Å². The Hall–Kier alpha value is -1.31. The third-order valence-corrected chi connectivity index (χ3v) is 3.77. The van der Waals surface area contributed by atoms with Crippen molar-refractivity contribution in [2.45, 2.75) is 19.1 Å². The summed E-state index contributed by atoms with van der Waals surface area (Å²) in [6.45, 7) is 2.73. The summed E-state index contributed by atoms with van der Waals surface area (Å²) in [4.78, 5) is 0. The molecule has 2 heteroatoms. The molecule has 86 valence electrons. The van der Waals surface area contributed by atoms with Crippen molar-refractivity contribution in [1.29, 1.82) is 0 Å². The lowest BCUT2D eigenvalue weighted by Crippen LogP contribution is -2.22. The van der Waals surface area contributed by atoms with Gasteiger partial charge in [0.1, 0.15) is 5.60 Å². The maximum Gasteiger partial charge on any atom is 0.118 e. The van der Waals surface area contributed by atoms with Crippen LogP contribution in [0.15, 0.2) is 48.5 Å². The summed E-state index contributed by atoms with van der Waals surface area (Å²) in [6, 6.07) is 16.2. The maximum atomic E-state index is 6.28. The molecule has 1 aliphatic heterocycles. The molecule has 1 atom stereocenters. The molecule has 0 aliphatic carbocycles. The molecule has 3 rings (SSSR count). The molecule has 0 radical (unpaired) electrons. The fraction of sp³-hybridized carbons (Fsp3) is 0.200. The zero-order valence-corrected chi connectivity index (χ0v) is 10.4. The van der Waals surface area contributed by atoms with E-state index in [9.17, 15) is 0 Å². The third kappa shape index (κ3) is 1.58. The van der Waals surface area contributed by atoms with Crippen LogP contribution >= 0.6 is 11.6 Å². The lowest BCUT2D eigenvalue weighted by Gasteiger charge is -2.26. The Labute approximate surface area is 106 Å². The van der Waals surface area contributed by atoms with E-state index in [1.165, 1.54) is 11.1 Å². The zero-order valence-electron chi connectivity index (χ0n) is 9.61. The van der Waals surface area contributed by atoms with E-state index in [-0.39, 0.29) is 0 Å². The summed E-state index contributed by atoms with van der Waals surface area (Å²) in [7, 11) is 0. The van der Waals surface area contributed by atoms with E-state index in [0.717, 1.165) is 10.6 Å². The molecule has 0 aromatic heterocycles. The third-order valence-electron chi connectivity index (χ3n) is 3.44. The molecular formula is C15H13ClO. The first kappa shape index (κ1) is 10.8. The van der Waals surface area contributed by atoms with Crippen LogP contribution in [0.3, 0.4) is 0 Å². The highest BCUT2D eigenvalue weighted by Crippen LogP contribution is 2.43. The molecule has 0 N–H and O–H groups in total. The van der Waals surface area contributed by atoms with Crippen LogP contribution in [0.2, 0.25) is 5.02 Å². The van der Waals surface area contributed by atoms with Gasteiger partial charge in [-0.05, 0) is 24.1 Å². The highest BCUT2D eigenvalue weighted by molar-refractivity contribution is 6.31. The number of hydrogen-bond donors (Lipinski definition) is 0.